The number of hydrogen-bond donors (Lipinski definition) is 0. The molecule has 0 aliphatic carbocycles. The molecular weight excluding hydrogens is 478 g/mol. The second-order valence-electron chi connectivity index (χ2n) is 10.1. The lowest BCUT2D eigenvalue weighted by atomic mass is 9.95. The number of benzene rings is 4. The lowest BCUT2D eigenvalue weighted by Crippen LogP contribution is -2.18. The van der Waals surface area contributed by atoms with Gasteiger partial charge in [-0.05, 0) is 24.3 Å². The van der Waals surface area contributed by atoms with Gasteiger partial charge in [-0.25, -0.2) is 15.0 Å². The van der Waals surface area contributed by atoms with Gasteiger partial charge in [0.2, 0.25) is 0 Å². The summed E-state index contributed by atoms with van der Waals surface area (Å²) in [5.41, 5.74) is 1.87. The van der Waals surface area contributed by atoms with Crippen molar-refractivity contribution in [2.75, 3.05) is 0 Å². The number of rotatable bonds is 2. The maximum atomic E-state index is 5.06. The second-order valence-corrected chi connectivity index (χ2v) is 12.3. The molecule has 0 atom stereocenters. The smallest absolute Gasteiger partial charge is 0.165 e. The molecule has 0 spiro atoms. The van der Waals surface area contributed by atoms with Crippen molar-refractivity contribution in [3.63, 3.8) is 0 Å². The van der Waals surface area contributed by atoms with Crippen LogP contribution in [0.3, 0.4) is 0 Å². The molecule has 0 saturated carbocycles. The Morgan fingerprint density at radius 1 is 0.556 bits per heavy atom. The van der Waals surface area contributed by atoms with E-state index in [4.69, 9.17) is 15.0 Å². The van der Waals surface area contributed by atoms with Crippen LogP contribution in [0.5, 0.6) is 0 Å². The standard InChI is InChI=1S/C31H23N3S2/c1-31(2,3)30-33-28(18-15-16-21-19-9-4-6-13-24(19)35-26(21)17-18)32-29(34-30)23-12-8-11-22-20-10-5-7-14-25(20)36-27(22)23/h4-17H,1-3H3. The molecule has 7 rings (SSSR count). The molecule has 0 radical (unpaired) electrons. The fourth-order valence-corrected chi connectivity index (χ4v) is 7.11. The van der Waals surface area contributed by atoms with E-state index in [2.05, 4.69) is 106 Å². The summed E-state index contributed by atoms with van der Waals surface area (Å²) >= 11 is 3.62. The van der Waals surface area contributed by atoms with Gasteiger partial charge in [0, 0.05) is 56.9 Å². The number of hydrogen-bond acceptors (Lipinski definition) is 5. The van der Waals surface area contributed by atoms with E-state index < -0.39 is 0 Å². The van der Waals surface area contributed by atoms with Crippen molar-refractivity contribution in [3.8, 4) is 22.8 Å². The molecular formula is C31H23N3S2. The van der Waals surface area contributed by atoms with Crippen LogP contribution in [0.2, 0.25) is 0 Å². The van der Waals surface area contributed by atoms with E-state index in [-0.39, 0.29) is 5.41 Å². The van der Waals surface area contributed by atoms with Crippen molar-refractivity contribution in [2.45, 2.75) is 26.2 Å². The highest BCUT2D eigenvalue weighted by Gasteiger charge is 2.22. The van der Waals surface area contributed by atoms with E-state index in [0.717, 1.165) is 28.6 Å². The van der Waals surface area contributed by atoms with Gasteiger partial charge in [-0.2, -0.15) is 0 Å². The lowest BCUT2D eigenvalue weighted by molar-refractivity contribution is 0.544. The summed E-state index contributed by atoms with van der Waals surface area (Å²) in [5.74, 6) is 2.26. The Hall–Kier alpha value is -3.67. The first kappa shape index (κ1) is 21.6. The summed E-state index contributed by atoms with van der Waals surface area (Å²) < 4.78 is 5.04. The van der Waals surface area contributed by atoms with Crippen LogP contribution in [0.25, 0.3) is 63.1 Å². The van der Waals surface area contributed by atoms with Crippen LogP contribution in [0.15, 0.2) is 84.9 Å². The average molecular weight is 502 g/mol. The Morgan fingerprint density at radius 2 is 1.19 bits per heavy atom. The molecule has 0 fully saturated rings. The van der Waals surface area contributed by atoms with Crippen molar-refractivity contribution in [1.29, 1.82) is 0 Å². The van der Waals surface area contributed by atoms with E-state index in [9.17, 15) is 0 Å². The van der Waals surface area contributed by atoms with Crippen LogP contribution < -0.4 is 0 Å². The lowest BCUT2D eigenvalue weighted by Gasteiger charge is -2.18. The maximum absolute atomic E-state index is 5.06. The molecule has 4 aromatic carbocycles. The Bertz CT molecular complexity index is 1940. The van der Waals surface area contributed by atoms with Crippen molar-refractivity contribution < 1.29 is 0 Å². The molecule has 7 aromatic rings. The summed E-state index contributed by atoms with van der Waals surface area (Å²) in [6.45, 7) is 6.47. The fraction of sp³-hybridized carbons (Fsp3) is 0.129. The molecule has 0 unspecified atom stereocenters. The van der Waals surface area contributed by atoms with E-state index in [0.29, 0.717) is 0 Å². The normalized spacial score (nSPS) is 12.3. The highest BCUT2D eigenvalue weighted by molar-refractivity contribution is 7.26. The quantitative estimate of drug-likeness (QED) is 0.237. The van der Waals surface area contributed by atoms with Crippen LogP contribution in [0.4, 0.5) is 0 Å². The zero-order valence-corrected chi connectivity index (χ0v) is 21.9. The molecule has 3 aromatic heterocycles. The van der Waals surface area contributed by atoms with Gasteiger partial charge in [-0.3, -0.25) is 0 Å². The molecule has 0 aliphatic heterocycles. The first-order valence-corrected chi connectivity index (χ1v) is 13.7. The minimum Gasteiger partial charge on any atom is -0.212 e. The topological polar surface area (TPSA) is 38.7 Å². The molecule has 174 valence electrons. The summed E-state index contributed by atoms with van der Waals surface area (Å²) in [4.78, 5) is 15.0. The van der Waals surface area contributed by atoms with Crippen LogP contribution in [-0.4, -0.2) is 15.0 Å². The predicted molar refractivity (Wildman–Crippen MR) is 155 cm³/mol. The van der Waals surface area contributed by atoms with Gasteiger partial charge in [0.1, 0.15) is 5.82 Å². The molecule has 0 amide bonds. The number of nitrogens with zero attached hydrogens (tertiary/aromatic N) is 3. The van der Waals surface area contributed by atoms with Crippen molar-refractivity contribution in [1.82, 2.24) is 15.0 Å². The van der Waals surface area contributed by atoms with E-state index in [1.165, 1.54) is 40.3 Å². The summed E-state index contributed by atoms with van der Waals surface area (Å²) in [6.07, 6.45) is 0. The largest absolute Gasteiger partial charge is 0.212 e. The van der Waals surface area contributed by atoms with E-state index in [1.807, 2.05) is 11.3 Å². The van der Waals surface area contributed by atoms with Gasteiger partial charge in [-0.1, -0.05) is 81.4 Å². The predicted octanol–water partition coefficient (Wildman–Crippen LogP) is 9.24. The molecule has 0 saturated heterocycles. The highest BCUT2D eigenvalue weighted by Crippen LogP contribution is 2.40. The average Bonchev–Trinajstić information content (AvgIpc) is 3.45. The van der Waals surface area contributed by atoms with Gasteiger partial charge in [0.15, 0.2) is 11.6 Å². The SMILES string of the molecule is CC(C)(C)c1nc(-c2ccc3c(c2)sc2ccccc23)nc(-c2cccc3c2sc2ccccc23)n1. The summed E-state index contributed by atoms with van der Waals surface area (Å²) in [6, 6.07) is 30.2. The zero-order valence-electron chi connectivity index (χ0n) is 20.2. The zero-order chi connectivity index (χ0) is 24.4. The third-order valence-electron chi connectivity index (χ3n) is 6.59. The molecule has 5 heteroatoms. The molecule has 0 aliphatic rings. The van der Waals surface area contributed by atoms with Crippen molar-refractivity contribution in [2.24, 2.45) is 0 Å². The minimum absolute atomic E-state index is 0.206. The Morgan fingerprint density at radius 3 is 1.97 bits per heavy atom. The Kier molecular flexibility index (Phi) is 4.75. The summed E-state index contributed by atoms with van der Waals surface area (Å²) in [5, 5.41) is 5.10. The van der Waals surface area contributed by atoms with Gasteiger partial charge in [0.25, 0.3) is 0 Å². The van der Waals surface area contributed by atoms with Crippen molar-refractivity contribution in [3.05, 3.63) is 90.8 Å². The molecule has 36 heavy (non-hydrogen) atoms. The van der Waals surface area contributed by atoms with Gasteiger partial charge in [0.05, 0.1) is 0 Å². The van der Waals surface area contributed by atoms with Gasteiger partial charge < -0.3 is 0 Å². The first-order valence-electron chi connectivity index (χ1n) is 12.0. The molecule has 0 N–H and O–H groups in total. The number of thiophene rings is 2. The highest BCUT2D eigenvalue weighted by atomic mass is 32.1. The second kappa shape index (κ2) is 7.92. The van der Waals surface area contributed by atoms with E-state index in [1.54, 1.807) is 11.3 Å². The fourth-order valence-electron chi connectivity index (χ4n) is 4.75. The summed E-state index contributed by atoms with van der Waals surface area (Å²) in [7, 11) is 0. The van der Waals surface area contributed by atoms with E-state index >= 15 is 0 Å². The van der Waals surface area contributed by atoms with Crippen LogP contribution in [-0.2, 0) is 5.41 Å². The van der Waals surface area contributed by atoms with Crippen LogP contribution in [0, 0.1) is 0 Å². The minimum atomic E-state index is -0.206. The van der Waals surface area contributed by atoms with Gasteiger partial charge in [-0.15, -0.1) is 22.7 Å². The molecule has 3 heterocycles. The van der Waals surface area contributed by atoms with Gasteiger partial charge >= 0.3 is 0 Å². The monoisotopic (exact) mass is 501 g/mol. The molecule has 3 nitrogen and oxygen atoms in total. The molecule has 0 bridgehead atoms. The third kappa shape index (κ3) is 3.42. The maximum Gasteiger partial charge on any atom is 0.165 e. The van der Waals surface area contributed by atoms with Crippen molar-refractivity contribution >= 4 is 63.0 Å². The Labute approximate surface area is 217 Å². The van der Waals surface area contributed by atoms with Crippen LogP contribution in [0.1, 0.15) is 26.6 Å². The van der Waals surface area contributed by atoms with Crippen LogP contribution >= 0.6 is 22.7 Å². The number of aromatic nitrogens is 3. The first-order chi connectivity index (χ1) is 17.5. The Balaban J connectivity index is 1.46. The third-order valence-corrected chi connectivity index (χ3v) is 8.94. The number of fused-ring (bicyclic) bond motifs is 6.